The Morgan fingerprint density at radius 1 is 1.06 bits per heavy atom. The van der Waals surface area contributed by atoms with Crippen molar-refractivity contribution in [3.8, 4) is 0 Å². The summed E-state index contributed by atoms with van der Waals surface area (Å²) in [7, 11) is 0. The third-order valence-corrected chi connectivity index (χ3v) is 1.81. The average molecular weight is 254 g/mol. The van der Waals surface area contributed by atoms with Crippen LogP contribution in [0.4, 0.5) is 33.3 Å². The van der Waals surface area contributed by atoms with Crippen molar-refractivity contribution in [2.45, 2.75) is 12.1 Å². The number of hydrogen-bond donors (Lipinski definition) is 2. The zero-order chi connectivity index (χ0) is 13.3. The van der Waals surface area contributed by atoms with Gasteiger partial charge in [0, 0.05) is 11.4 Å². The lowest BCUT2D eigenvalue weighted by Crippen LogP contribution is -2.47. The maximum absolute atomic E-state index is 12.5. The minimum Gasteiger partial charge on any atom is -0.399 e. The van der Waals surface area contributed by atoms with Crippen molar-refractivity contribution in [1.82, 2.24) is 0 Å². The van der Waals surface area contributed by atoms with E-state index in [1.807, 2.05) is 0 Å². The first-order valence-corrected chi connectivity index (χ1v) is 4.26. The van der Waals surface area contributed by atoms with E-state index in [0.29, 0.717) is 0 Å². The molecule has 0 unspecified atom stereocenters. The van der Waals surface area contributed by atoms with Crippen molar-refractivity contribution in [3.05, 3.63) is 24.3 Å². The molecular formula is C9H7F5N2O. The summed E-state index contributed by atoms with van der Waals surface area (Å²) in [6, 6.07) is 4.72. The standard InChI is InChI=1S/C9H7F5N2O/c10-8(11,9(12,13)14)7(17)16-6-3-1-5(15)2-4-6/h1-4H,15H2,(H,16,17). The third kappa shape index (κ3) is 2.83. The molecule has 3 N–H and O–H groups in total. The molecule has 0 saturated carbocycles. The van der Waals surface area contributed by atoms with Gasteiger partial charge in [-0.1, -0.05) is 0 Å². The van der Waals surface area contributed by atoms with Crippen LogP contribution >= 0.6 is 0 Å². The Labute approximate surface area is 92.4 Å². The lowest BCUT2D eigenvalue weighted by molar-refractivity contribution is -0.267. The molecule has 0 aromatic heterocycles. The molecule has 1 aromatic carbocycles. The van der Waals surface area contributed by atoms with Gasteiger partial charge in [-0.15, -0.1) is 0 Å². The van der Waals surface area contributed by atoms with Crippen molar-refractivity contribution < 1.29 is 26.7 Å². The predicted octanol–water partition coefficient (Wildman–Crippen LogP) is 2.40. The van der Waals surface area contributed by atoms with Crippen LogP contribution in [-0.4, -0.2) is 18.0 Å². The van der Waals surface area contributed by atoms with Crippen LogP contribution in [-0.2, 0) is 4.79 Å². The van der Waals surface area contributed by atoms with Crippen LogP contribution in [0.25, 0.3) is 0 Å². The van der Waals surface area contributed by atoms with Gasteiger partial charge in [0.15, 0.2) is 0 Å². The van der Waals surface area contributed by atoms with Crippen molar-refractivity contribution in [3.63, 3.8) is 0 Å². The molecule has 17 heavy (non-hydrogen) atoms. The number of halogens is 5. The maximum atomic E-state index is 12.5. The molecule has 0 aliphatic rings. The Morgan fingerprint density at radius 2 is 1.53 bits per heavy atom. The van der Waals surface area contributed by atoms with Crippen LogP contribution in [0.1, 0.15) is 0 Å². The number of amides is 1. The Bertz CT molecular complexity index is 412. The molecule has 0 saturated heterocycles. The fourth-order valence-electron chi connectivity index (χ4n) is 0.905. The van der Waals surface area contributed by atoms with E-state index in [4.69, 9.17) is 5.73 Å². The van der Waals surface area contributed by atoms with E-state index >= 15 is 0 Å². The SMILES string of the molecule is Nc1ccc(NC(=O)C(F)(F)C(F)(F)F)cc1. The van der Waals surface area contributed by atoms with E-state index in [2.05, 4.69) is 0 Å². The lowest BCUT2D eigenvalue weighted by Gasteiger charge is -2.18. The summed E-state index contributed by atoms with van der Waals surface area (Å²) >= 11 is 0. The first-order valence-electron chi connectivity index (χ1n) is 4.26. The number of rotatable bonds is 2. The second-order valence-electron chi connectivity index (χ2n) is 3.15. The fraction of sp³-hybridized carbons (Fsp3) is 0.222. The highest BCUT2D eigenvalue weighted by Gasteiger charge is 2.63. The molecule has 8 heteroatoms. The van der Waals surface area contributed by atoms with Crippen LogP contribution in [0.15, 0.2) is 24.3 Å². The molecule has 94 valence electrons. The van der Waals surface area contributed by atoms with Crippen molar-refractivity contribution in [2.75, 3.05) is 11.1 Å². The molecule has 0 aliphatic carbocycles. The normalized spacial score (nSPS) is 12.3. The molecule has 0 bridgehead atoms. The molecule has 0 aliphatic heterocycles. The van der Waals surface area contributed by atoms with Crippen LogP contribution in [0, 0.1) is 0 Å². The molecule has 0 fully saturated rings. The molecule has 0 spiro atoms. The van der Waals surface area contributed by atoms with Crippen molar-refractivity contribution >= 4 is 17.3 Å². The van der Waals surface area contributed by atoms with E-state index in [1.54, 1.807) is 0 Å². The van der Waals surface area contributed by atoms with Gasteiger partial charge in [0.25, 0.3) is 0 Å². The lowest BCUT2D eigenvalue weighted by atomic mass is 10.2. The maximum Gasteiger partial charge on any atom is 0.463 e. The first kappa shape index (κ1) is 13.2. The number of anilines is 2. The summed E-state index contributed by atoms with van der Waals surface area (Å²) in [4.78, 5) is 10.8. The van der Waals surface area contributed by atoms with Gasteiger partial charge in [-0.05, 0) is 24.3 Å². The number of alkyl halides is 5. The minimum atomic E-state index is -5.93. The van der Waals surface area contributed by atoms with E-state index in [0.717, 1.165) is 12.1 Å². The van der Waals surface area contributed by atoms with Gasteiger partial charge in [0.1, 0.15) is 0 Å². The number of hydrogen-bond acceptors (Lipinski definition) is 2. The number of benzene rings is 1. The summed E-state index contributed by atoms with van der Waals surface area (Å²) in [5.41, 5.74) is 5.35. The second kappa shape index (κ2) is 4.19. The number of nitrogens with one attached hydrogen (secondary N) is 1. The highest BCUT2D eigenvalue weighted by molar-refractivity contribution is 5.96. The zero-order valence-electron chi connectivity index (χ0n) is 8.18. The van der Waals surface area contributed by atoms with Gasteiger partial charge in [0.05, 0.1) is 0 Å². The smallest absolute Gasteiger partial charge is 0.399 e. The molecule has 0 atom stereocenters. The quantitative estimate of drug-likeness (QED) is 0.629. The molecule has 3 nitrogen and oxygen atoms in total. The highest BCUT2D eigenvalue weighted by Crippen LogP contribution is 2.36. The summed E-state index contributed by atoms with van der Waals surface area (Å²) in [6.45, 7) is 0. The number of nitrogens with two attached hydrogens (primary N) is 1. The molecule has 1 amide bonds. The van der Waals surface area contributed by atoms with E-state index < -0.39 is 18.0 Å². The van der Waals surface area contributed by atoms with Crippen LogP contribution in [0.2, 0.25) is 0 Å². The van der Waals surface area contributed by atoms with Crippen molar-refractivity contribution in [2.24, 2.45) is 0 Å². The van der Waals surface area contributed by atoms with Gasteiger partial charge < -0.3 is 11.1 Å². The number of carbonyl (C=O) groups excluding carboxylic acids is 1. The summed E-state index contributed by atoms with van der Waals surface area (Å²) in [5, 5.41) is 1.45. The molecule has 1 aromatic rings. The minimum absolute atomic E-state index is 0.201. The highest BCUT2D eigenvalue weighted by atomic mass is 19.4. The Morgan fingerprint density at radius 3 is 1.94 bits per heavy atom. The zero-order valence-corrected chi connectivity index (χ0v) is 8.18. The summed E-state index contributed by atoms with van der Waals surface area (Å²) in [6.07, 6.45) is -5.93. The second-order valence-corrected chi connectivity index (χ2v) is 3.15. The van der Waals surface area contributed by atoms with E-state index in [9.17, 15) is 26.7 Å². The van der Waals surface area contributed by atoms with Gasteiger partial charge in [-0.25, -0.2) is 0 Å². The number of nitrogen functional groups attached to an aromatic ring is 1. The van der Waals surface area contributed by atoms with Gasteiger partial charge in [-0.3, -0.25) is 4.79 Å². The van der Waals surface area contributed by atoms with Gasteiger partial charge in [0.2, 0.25) is 0 Å². The Balaban J connectivity index is 2.83. The summed E-state index contributed by atoms with van der Waals surface area (Å²) in [5.74, 6) is -7.87. The van der Waals surface area contributed by atoms with Crippen molar-refractivity contribution in [1.29, 1.82) is 0 Å². The molecule has 0 heterocycles. The van der Waals surface area contributed by atoms with Crippen LogP contribution in [0.5, 0.6) is 0 Å². The van der Waals surface area contributed by atoms with Crippen LogP contribution < -0.4 is 11.1 Å². The first-order chi connectivity index (χ1) is 7.64. The fourth-order valence-corrected chi connectivity index (χ4v) is 0.905. The summed E-state index contributed by atoms with van der Waals surface area (Å²) < 4.78 is 60.5. The largest absolute Gasteiger partial charge is 0.463 e. The average Bonchev–Trinajstić information content (AvgIpc) is 2.19. The monoisotopic (exact) mass is 254 g/mol. The van der Waals surface area contributed by atoms with E-state index in [1.165, 1.54) is 17.4 Å². The molecular weight excluding hydrogens is 247 g/mol. The van der Waals surface area contributed by atoms with E-state index in [-0.39, 0.29) is 11.4 Å². The Kier molecular flexibility index (Phi) is 3.25. The molecule has 1 rings (SSSR count). The van der Waals surface area contributed by atoms with Gasteiger partial charge >= 0.3 is 18.0 Å². The van der Waals surface area contributed by atoms with Crippen LogP contribution in [0.3, 0.4) is 0 Å². The van der Waals surface area contributed by atoms with Gasteiger partial charge in [-0.2, -0.15) is 22.0 Å². The topological polar surface area (TPSA) is 55.1 Å². The molecule has 0 radical (unpaired) electrons. The Hall–Kier alpha value is -1.86. The number of carbonyl (C=O) groups is 1. The predicted molar refractivity (Wildman–Crippen MR) is 50.5 cm³/mol. The third-order valence-electron chi connectivity index (χ3n) is 1.81.